The molecule has 0 aliphatic carbocycles. The van der Waals surface area contributed by atoms with Crippen LogP contribution in [-0.4, -0.2) is 29.1 Å². The summed E-state index contributed by atoms with van der Waals surface area (Å²) in [5, 5.41) is 9.84. The predicted octanol–water partition coefficient (Wildman–Crippen LogP) is 3.90. The molecule has 1 aromatic heterocycles. The van der Waals surface area contributed by atoms with Gasteiger partial charge in [-0.2, -0.15) is 0 Å². The number of fused-ring (bicyclic) bond motifs is 2. The van der Waals surface area contributed by atoms with Crippen molar-refractivity contribution in [2.75, 3.05) is 13.2 Å². The van der Waals surface area contributed by atoms with Gasteiger partial charge in [0, 0.05) is 13.2 Å². The number of aliphatic hydroxyl groups is 1. The van der Waals surface area contributed by atoms with Gasteiger partial charge in [0.1, 0.15) is 5.58 Å². The van der Waals surface area contributed by atoms with Crippen molar-refractivity contribution in [3.8, 4) is 0 Å². The molecule has 0 fully saturated rings. The Labute approximate surface area is 169 Å². The van der Waals surface area contributed by atoms with Crippen LogP contribution in [0.4, 0.5) is 0 Å². The smallest absolute Gasteiger partial charge is 0.290 e. The van der Waals surface area contributed by atoms with Gasteiger partial charge in [0.25, 0.3) is 5.91 Å². The lowest BCUT2D eigenvalue weighted by Crippen LogP contribution is -2.31. The van der Waals surface area contributed by atoms with Crippen LogP contribution in [0.15, 0.2) is 45.6 Å². The molecule has 0 spiro atoms. The minimum absolute atomic E-state index is 0.0245. The summed E-state index contributed by atoms with van der Waals surface area (Å²) in [7, 11) is 0. The Bertz CT molecular complexity index is 1140. The van der Waals surface area contributed by atoms with Crippen LogP contribution in [0.2, 0.25) is 0 Å². The average Bonchev–Trinajstić information content (AvgIpc) is 2.98. The highest BCUT2D eigenvalue weighted by Crippen LogP contribution is 2.38. The molecule has 5 heteroatoms. The fourth-order valence-electron chi connectivity index (χ4n) is 4.27. The van der Waals surface area contributed by atoms with E-state index in [2.05, 4.69) is 6.92 Å². The SMILES string of the molecule is CCc1ccc(C2c3c(oc4cc(C)cc(C)c4c3=O)C(=O)N2CCCO)cc1. The fourth-order valence-corrected chi connectivity index (χ4v) is 4.27. The topological polar surface area (TPSA) is 70.8 Å². The van der Waals surface area contributed by atoms with Gasteiger partial charge in [0.05, 0.1) is 17.0 Å². The van der Waals surface area contributed by atoms with E-state index in [0.29, 0.717) is 29.5 Å². The van der Waals surface area contributed by atoms with E-state index >= 15 is 0 Å². The molecule has 150 valence electrons. The van der Waals surface area contributed by atoms with Gasteiger partial charge >= 0.3 is 0 Å². The molecule has 4 rings (SSSR count). The lowest BCUT2D eigenvalue weighted by Gasteiger charge is -2.25. The fraction of sp³-hybridized carbons (Fsp3) is 0.333. The molecule has 0 saturated heterocycles. The zero-order valence-electron chi connectivity index (χ0n) is 17.0. The van der Waals surface area contributed by atoms with Gasteiger partial charge in [-0.15, -0.1) is 0 Å². The third kappa shape index (κ3) is 3.15. The number of hydrogen-bond donors (Lipinski definition) is 1. The summed E-state index contributed by atoms with van der Waals surface area (Å²) in [6.07, 6.45) is 1.36. The summed E-state index contributed by atoms with van der Waals surface area (Å²) in [5.74, 6) is -0.175. The lowest BCUT2D eigenvalue weighted by molar-refractivity contribution is 0.0716. The molecule has 1 unspecified atom stereocenters. The van der Waals surface area contributed by atoms with Crippen LogP contribution in [0.25, 0.3) is 11.0 Å². The normalized spacial score (nSPS) is 15.9. The van der Waals surface area contributed by atoms with Crippen molar-refractivity contribution >= 4 is 16.9 Å². The minimum Gasteiger partial charge on any atom is -0.450 e. The maximum Gasteiger partial charge on any atom is 0.290 e. The molecule has 5 nitrogen and oxygen atoms in total. The van der Waals surface area contributed by atoms with Crippen molar-refractivity contribution in [3.05, 3.63) is 80.2 Å². The average molecular weight is 391 g/mol. The van der Waals surface area contributed by atoms with Crippen molar-refractivity contribution < 1.29 is 14.3 Å². The standard InChI is InChI=1S/C24H25NO4/c1-4-16-6-8-17(9-7-16)21-20-22(27)19-15(3)12-14(2)13-18(19)29-23(20)24(28)25(21)10-5-11-26/h6-9,12-13,21,26H,4-5,10-11H2,1-3H3. The Morgan fingerprint density at radius 2 is 1.83 bits per heavy atom. The van der Waals surface area contributed by atoms with Gasteiger partial charge in [0.15, 0.2) is 5.43 Å². The minimum atomic E-state index is -0.503. The third-order valence-corrected chi connectivity index (χ3v) is 5.67. The number of hydrogen-bond acceptors (Lipinski definition) is 4. The molecule has 2 heterocycles. The Balaban J connectivity index is 1.97. The van der Waals surface area contributed by atoms with Crippen LogP contribution in [0.5, 0.6) is 0 Å². The second kappa shape index (κ2) is 7.48. The van der Waals surface area contributed by atoms with Gasteiger partial charge in [-0.25, -0.2) is 0 Å². The zero-order chi connectivity index (χ0) is 20.7. The van der Waals surface area contributed by atoms with Crippen molar-refractivity contribution in [1.29, 1.82) is 0 Å². The summed E-state index contributed by atoms with van der Waals surface area (Å²) >= 11 is 0. The molecular formula is C24H25NO4. The number of nitrogens with zero attached hydrogens (tertiary/aromatic N) is 1. The number of carbonyl (C=O) groups excluding carboxylic acids is 1. The van der Waals surface area contributed by atoms with Gasteiger partial charge in [-0.3, -0.25) is 9.59 Å². The molecular weight excluding hydrogens is 366 g/mol. The molecule has 0 radical (unpaired) electrons. The number of aliphatic hydroxyl groups excluding tert-OH is 1. The van der Waals surface area contributed by atoms with Crippen LogP contribution < -0.4 is 5.43 Å². The van der Waals surface area contributed by atoms with E-state index in [1.54, 1.807) is 11.0 Å². The first kappa shape index (κ1) is 19.4. The van der Waals surface area contributed by atoms with E-state index in [1.807, 2.05) is 44.2 Å². The molecule has 29 heavy (non-hydrogen) atoms. The van der Waals surface area contributed by atoms with Crippen LogP contribution in [0.3, 0.4) is 0 Å². The Kier molecular flexibility index (Phi) is 5.01. The number of benzene rings is 2. The number of aryl methyl sites for hydroxylation is 3. The van der Waals surface area contributed by atoms with Crippen molar-refractivity contribution in [2.24, 2.45) is 0 Å². The quantitative estimate of drug-likeness (QED) is 0.716. The summed E-state index contributed by atoms with van der Waals surface area (Å²) in [4.78, 5) is 28.4. The van der Waals surface area contributed by atoms with E-state index in [9.17, 15) is 14.7 Å². The van der Waals surface area contributed by atoms with Gasteiger partial charge < -0.3 is 14.4 Å². The first-order valence-corrected chi connectivity index (χ1v) is 10.0. The summed E-state index contributed by atoms with van der Waals surface area (Å²) in [6, 6.07) is 11.3. The van der Waals surface area contributed by atoms with E-state index in [0.717, 1.165) is 23.1 Å². The molecule has 1 aliphatic rings. The maximum absolute atomic E-state index is 13.5. The molecule has 2 aromatic carbocycles. The van der Waals surface area contributed by atoms with Crippen LogP contribution >= 0.6 is 0 Å². The van der Waals surface area contributed by atoms with E-state index in [1.165, 1.54) is 5.56 Å². The highest BCUT2D eigenvalue weighted by atomic mass is 16.3. The van der Waals surface area contributed by atoms with E-state index in [4.69, 9.17) is 4.42 Å². The number of carbonyl (C=O) groups is 1. The molecule has 1 aliphatic heterocycles. The van der Waals surface area contributed by atoms with Gasteiger partial charge in [0.2, 0.25) is 5.76 Å². The zero-order valence-corrected chi connectivity index (χ0v) is 17.0. The van der Waals surface area contributed by atoms with Crippen molar-refractivity contribution in [1.82, 2.24) is 4.90 Å². The second-order valence-electron chi connectivity index (χ2n) is 7.70. The highest BCUT2D eigenvalue weighted by molar-refractivity contribution is 5.99. The largest absolute Gasteiger partial charge is 0.450 e. The number of rotatable bonds is 5. The van der Waals surface area contributed by atoms with Crippen molar-refractivity contribution in [3.63, 3.8) is 0 Å². The van der Waals surface area contributed by atoms with Crippen LogP contribution in [0.1, 0.15) is 57.8 Å². The van der Waals surface area contributed by atoms with Crippen LogP contribution in [0, 0.1) is 13.8 Å². The Hall–Kier alpha value is -2.92. The van der Waals surface area contributed by atoms with Crippen LogP contribution in [-0.2, 0) is 6.42 Å². The molecule has 3 aromatic rings. The molecule has 1 amide bonds. The van der Waals surface area contributed by atoms with E-state index in [-0.39, 0.29) is 23.7 Å². The molecule has 0 saturated carbocycles. The summed E-state index contributed by atoms with van der Waals surface area (Å²) in [6.45, 7) is 6.25. The first-order chi connectivity index (χ1) is 14.0. The Morgan fingerprint density at radius 3 is 2.48 bits per heavy atom. The molecule has 0 bridgehead atoms. The van der Waals surface area contributed by atoms with Gasteiger partial charge in [-0.05, 0) is 55.0 Å². The Morgan fingerprint density at radius 1 is 1.10 bits per heavy atom. The van der Waals surface area contributed by atoms with E-state index < -0.39 is 6.04 Å². The third-order valence-electron chi connectivity index (χ3n) is 5.67. The highest BCUT2D eigenvalue weighted by Gasteiger charge is 2.42. The predicted molar refractivity (Wildman–Crippen MR) is 112 cm³/mol. The summed E-state index contributed by atoms with van der Waals surface area (Å²) in [5.41, 5.74) is 4.59. The lowest BCUT2D eigenvalue weighted by atomic mass is 9.96. The maximum atomic E-state index is 13.5. The number of amides is 1. The van der Waals surface area contributed by atoms with Crippen molar-refractivity contribution in [2.45, 2.75) is 39.7 Å². The van der Waals surface area contributed by atoms with Gasteiger partial charge in [-0.1, -0.05) is 37.3 Å². The second-order valence-corrected chi connectivity index (χ2v) is 7.70. The first-order valence-electron chi connectivity index (χ1n) is 10.0. The monoisotopic (exact) mass is 391 g/mol. The summed E-state index contributed by atoms with van der Waals surface area (Å²) < 4.78 is 6.01. The molecule has 1 atom stereocenters. The molecule has 1 N–H and O–H groups in total.